The van der Waals surface area contributed by atoms with E-state index < -0.39 is 0 Å². The largest absolute Gasteiger partial charge is 0.327 e. The average molecular weight is 269 g/mol. The second-order valence-corrected chi connectivity index (χ2v) is 5.00. The molecule has 0 spiro atoms. The Kier molecular flexibility index (Phi) is 3.52. The van der Waals surface area contributed by atoms with Crippen molar-refractivity contribution >= 4 is 11.0 Å². The predicted octanol–water partition coefficient (Wildman–Crippen LogP) is 2.17. The zero-order valence-corrected chi connectivity index (χ0v) is 11.8. The molecule has 2 heterocycles. The van der Waals surface area contributed by atoms with Gasteiger partial charge in [0, 0.05) is 30.9 Å². The standard InChI is InChI=1S/C15H19N5/c1-11-13(10-17-19-11)9-16-7-8-20-12(2)18-14-5-3-4-6-15(14)20/h3-6,10,16H,7-9H2,1-2H3,(H,17,19). The van der Waals surface area contributed by atoms with Gasteiger partial charge in [0.1, 0.15) is 5.82 Å². The van der Waals surface area contributed by atoms with E-state index in [1.807, 2.05) is 19.2 Å². The highest BCUT2D eigenvalue weighted by atomic mass is 15.1. The molecule has 0 saturated carbocycles. The second-order valence-electron chi connectivity index (χ2n) is 5.00. The van der Waals surface area contributed by atoms with Gasteiger partial charge < -0.3 is 9.88 Å². The Morgan fingerprint density at radius 2 is 2.10 bits per heavy atom. The third-order valence-electron chi connectivity index (χ3n) is 3.61. The Morgan fingerprint density at radius 3 is 2.90 bits per heavy atom. The Bertz CT molecular complexity index is 710. The molecule has 0 radical (unpaired) electrons. The van der Waals surface area contributed by atoms with Crippen LogP contribution in [0.15, 0.2) is 30.5 Å². The van der Waals surface area contributed by atoms with Crippen LogP contribution in [0.2, 0.25) is 0 Å². The number of aryl methyl sites for hydroxylation is 2. The van der Waals surface area contributed by atoms with Crippen molar-refractivity contribution in [2.45, 2.75) is 26.9 Å². The number of H-pyrrole nitrogens is 1. The summed E-state index contributed by atoms with van der Waals surface area (Å²) in [4.78, 5) is 4.58. The summed E-state index contributed by atoms with van der Waals surface area (Å²) in [5, 5.41) is 10.4. The number of aromatic amines is 1. The molecule has 0 aliphatic carbocycles. The molecular formula is C15H19N5. The van der Waals surface area contributed by atoms with Crippen LogP contribution in [0, 0.1) is 13.8 Å². The lowest BCUT2D eigenvalue weighted by Crippen LogP contribution is -2.20. The number of fused-ring (bicyclic) bond motifs is 1. The second kappa shape index (κ2) is 5.46. The van der Waals surface area contributed by atoms with Gasteiger partial charge in [-0.25, -0.2) is 4.98 Å². The number of aromatic nitrogens is 4. The molecule has 5 heteroatoms. The predicted molar refractivity (Wildman–Crippen MR) is 79.5 cm³/mol. The Morgan fingerprint density at radius 1 is 1.25 bits per heavy atom. The smallest absolute Gasteiger partial charge is 0.106 e. The van der Waals surface area contributed by atoms with Crippen LogP contribution in [0.25, 0.3) is 11.0 Å². The summed E-state index contributed by atoms with van der Waals surface area (Å²) in [6.45, 7) is 6.76. The van der Waals surface area contributed by atoms with Crippen molar-refractivity contribution in [2.24, 2.45) is 0 Å². The minimum Gasteiger partial charge on any atom is -0.327 e. The van der Waals surface area contributed by atoms with E-state index in [1.54, 1.807) is 0 Å². The molecule has 20 heavy (non-hydrogen) atoms. The van der Waals surface area contributed by atoms with Crippen molar-refractivity contribution in [2.75, 3.05) is 6.54 Å². The zero-order chi connectivity index (χ0) is 13.9. The average Bonchev–Trinajstić information content (AvgIpc) is 2.98. The minimum atomic E-state index is 0.841. The van der Waals surface area contributed by atoms with E-state index in [2.05, 4.69) is 50.2 Å². The van der Waals surface area contributed by atoms with Gasteiger partial charge in [-0.05, 0) is 26.0 Å². The SMILES string of the molecule is Cc1[nH]ncc1CNCCn1c(C)nc2ccccc21. The number of imidazole rings is 1. The fourth-order valence-corrected chi connectivity index (χ4v) is 2.45. The molecule has 0 aliphatic rings. The maximum absolute atomic E-state index is 4.58. The van der Waals surface area contributed by atoms with E-state index >= 15 is 0 Å². The first kappa shape index (κ1) is 12.9. The molecular weight excluding hydrogens is 250 g/mol. The lowest BCUT2D eigenvalue weighted by atomic mass is 10.2. The van der Waals surface area contributed by atoms with E-state index in [-0.39, 0.29) is 0 Å². The molecule has 0 aliphatic heterocycles. The number of rotatable bonds is 5. The van der Waals surface area contributed by atoms with E-state index in [9.17, 15) is 0 Å². The summed E-state index contributed by atoms with van der Waals surface area (Å²) in [5.74, 6) is 1.06. The van der Waals surface area contributed by atoms with Crippen molar-refractivity contribution in [3.63, 3.8) is 0 Å². The van der Waals surface area contributed by atoms with Gasteiger partial charge in [-0.15, -0.1) is 0 Å². The van der Waals surface area contributed by atoms with Crippen LogP contribution in [0.5, 0.6) is 0 Å². The molecule has 2 aromatic heterocycles. The van der Waals surface area contributed by atoms with E-state index in [4.69, 9.17) is 0 Å². The molecule has 0 amide bonds. The number of nitrogens with zero attached hydrogens (tertiary/aromatic N) is 3. The van der Waals surface area contributed by atoms with E-state index in [0.717, 1.165) is 36.7 Å². The van der Waals surface area contributed by atoms with Crippen molar-refractivity contribution in [1.29, 1.82) is 0 Å². The fraction of sp³-hybridized carbons (Fsp3) is 0.333. The Balaban J connectivity index is 1.63. The van der Waals surface area contributed by atoms with Crippen LogP contribution in [-0.4, -0.2) is 26.3 Å². The molecule has 0 bridgehead atoms. The van der Waals surface area contributed by atoms with Crippen LogP contribution in [0.3, 0.4) is 0 Å². The quantitative estimate of drug-likeness (QED) is 0.698. The van der Waals surface area contributed by atoms with Crippen LogP contribution in [0.1, 0.15) is 17.1 Å². The zero-order valence-electron chi connectivity index (χ0n) is 11.8. The summed E-state index contributed by atoms with van der Waals surface area (Å²) >= 11 is 0. The highest BCUT2D eigenvalue weighted by molar-refractivity contribution is 5.75. The van der Waals surface area contributed by atoms with Crippen molar-refractivity contribution in [3.05, 3.63) is 47.5 Å². The van der Waals surface area contributed by atoms with Crippen molar-refractivity contribution in [3.8, 4) is 0 Å². The lowest BCUT2D eigenvalue weighted by Gasteiger charge is -2.08. The highest BCUT2D eigenvalue weighted by Gasteiger charge is 2.06. The highest BCUT2D eigenvalue weighted by Crippen LogP contribution is 2.14. The maximum atomic E-state index is 4.58. The molecule has 0 saturated heterocycles. The molecule has 104 valence electrons. The molecule has 0 unspecified atom stereocenters. The van der Waals surface area contributed by atoms with Crippen LogP contribution >= 0.6 is 0 Å². The molecule has 2 N–H and O–H groups in total. The third kappa shape index (κ3) is 2.44. The summed E-state index contributed by atoms with van der Waals surface area (Å²) < 4.78 is 2.25. The van der Waals surface area contributed by atoms with Crippen LogP contribution in [-0.2, 0) is 13.1 Å². The van der Waals surface area contributed by atoms with Crippen molar-refractivity contribution < 1.29 is 0 Å². The fourth-order valence-electron chi connectivity index (χ4n) is 2.45. The molecule has 0 atom stereocenters. The summed E-state index contributed by atoms with van der Waals surface area (Å²) in [7, 11) is 0. The first-order valence-corrected chi connectivity index (χ1v) is 6.87. The lowest BCUT2D eigenvalue weighted by molar-refractivity contribution is 0.596. The molecule has 3 rings (SSSR count). The van der Waals surface area contributed by atoms with Gasteiger partial charge in [0.05, 0.1) is 17.2 Å². The normalized spacial score (nSPS) is 11.3. The Hall–Kier alpha value is -2.14. The first-order chi connectivity index (χ1) is 9.75. The Labute approximate surface area is 118 Å². The first-order valence-electron chi connectivity index (χ1n) is 6.87. The summed E-state index contributed by atoms with van der Waals surface area (Å²) in [6.07, 6.45) is 1.88. The molecule has 0 fully saturated rings. The van der Waals surface area contributed by atoms with Gasteiger partial charge >= 0.3 is 0 Å². The van der Waals surface area contributed by atoms with Gasteiger partial charge in [-0.2, -0.15) is 5.10 Å². The van der Waals surface area contributed by atoms with E-state index in [1.165, 1.54) is 11.1 Å². The number of nitrogens with one attached hydrogen (secondary N) is 2. The van der Waals surface area contributed by atoms with Gasteiger partial charge in [0.2, 0.25) is 0 Å². The van der Waals surface area contributed by atoms with Gasteiger partial charge in [0.15, 0.2) is 0 Å². The van der Waals surface area contributed by atoms with Crippen LogP contribution < -0.4 is 5.32 Å². The van der Waals surface area contributed by atoms with E-state index in [0.29, 0.717) is 0 Å². The summed E-state index contributed by atoms with van der Waals surface area (Å²) in [5.41, 5.74) is 4.61. The van der Waals surface area contributed by atoms with Crippen molar-refractivity contribution in [1.82, 2.24) is 25.1 Å². The molecule has 3 aromatic rings. The van der Waals surface area contributed by atoms with Gasteiger partial charge in [0.25, 0.3) is 0 Å². The monoisotopic (exact) mass is 269 g/mol. The number of hydrogen-bond donors (Lipinski definition) is 2. The minimum absolute atomic E-state index is 0.841. The van der Waals surface area contributed by atoms with Crippen LogP contribution in [0.4, 0.5) is 0 Å². The number of benzene rings is 1. The topological polar surface area (TPSA) is 58.5 Å². The third-order valence-corrected chi connectivity index (χ3v) is 3.61. The molecule has 5 nitrogen and oxygen atoms in total. The maximum Gasteiger partial charge on any atom is 0.106 e. The summed E-state index contributed by atoms with van der Waals surface area (Å²) in [6, 6.07) is 8.26. The number of hydrogen-bond acceptors (Lipinski definition) is 3. The van der Waals surface area contributed by atoms with Gasteiger partial charge in [-0.1, -0.05) is 12.1 Å². The molecule has 1 aromatic carbocycles. The van der Waals surface area contributed by atoms with Gasteiger partial charge in [-0.3, -0.25) is 5.10 Å². The number of para-hydroxylation sites is 2.